The first-order valence-corrected chi connectivity index (χ1v) is 12.8. The molecule has 0 aromatic heterocycles. The third-order valence-corrected chi connectivity index (χ3v) is 9.44. The average molecular weight is 419 g/mol. The molecular weight excluding hydrogens is 384 g/mol. The van der Waals surface area contributed by atoms with Crippen LogP contribution in [0, 0.1) is 41.5 Å². The van der Waals surface area contributed by atoms with Crippen LogP contribution in [-0.2, 0) is 0 Å². The zero-order valence-electron chi connectivity index (χ0n) is 18.2. The average Bonchev–Trinajstić information content (AvgIpc) is 2.64. The number of hydrogen-bond donors (Lipinski definition) is 0. The van der Waals surface area contributed by atoms with Crippen molar-refractivity contribution in [2.45, 2.75) is 87.8 Å². The molecule has 0 spiro atoms. The van der Waals surface area contributed by atoms with E-state index in [1.54, 1.807) is 0 Å². The summed E-state index contributed by atoms with van der Waals surface area (Å²) in [6.07, 6.45) is 2.44. The monoisotopic (exact) mass is 418 g/mol. The number of benzene rings is 2. The minimum absolute atomic E-state index is 1.19. The molecule has 2 aromatic carbocycles. The van der Waals surface area contributed by atoms with Crippen molar-refractivity contribution in [3.8, 4) is 0 Å². The number of rotatable bonds is 8. The van der Waals surface area contributed by atoms with E-state index in [1.807, 2.05) is 35.3 Å². The van der Waals surface area contributed by atoms with Gasteiger partial charge in [-0.05, 0) is 111 Å². The largest absolute Gasteiger partial charge is 0.126 e. The summed E-state index contributed by atoms with van der Waals surface area (Å²) in [4.78, 5) is 5.78. The Bertz CT molecular complexity index is 739. The lowest BCUT2D eigenvalue weighted by atomic mass is 10.1. The van der Waals surface area contributed by atoms with E-state index in [-0.39, 0.29) is 0 Å². The Balaban J connectivity index is 2.42. The van der Waals surface area contributed by atoms with Gasteiger partial charge < -0.3 is 0 Å². The topological polar surface area (TPSA) is 0 Å². The summed E-state index contributed by atoms with van der Waals surface area (Å²) in [5.74, 6) is 2.39. The van der Waals surface area contributed by atoms with Crippen molar-refractivity contribution < 1.29 is 0 Å². The molecule has 0 N–H and O–H groups in total. The molecule has 148 valence electrons. The van der Waals surface area contributed by atoms with Crippen molar-refractivity contribution in [2.75, 3.05) is 11.5 Å². The molecule has 3 heteroatoms. The van der Waals surface area contributed by atoms with Crippen LogP contribution in [0.2, 0.25) is 0 Å². The summed E-state index contributed by atoms with van der Waals surface area (Å²) >= 11 is 5.96. The first kappa shape index (κ1) is 22.8. The van der Waals surface area contributed by atoms with Gasteiger partial charge in [0.05, 0.1) is 0 Å². The van der Waals surface area contributed by atoms with E-state index < -0.39 is 0 Å². The summed E-state index contributed by atoms with van der Waals surface area (Å²) < 4.78 is 0. The van der Waals surface area contributed by atoms with E-state index in [4.69, 9.17) is 0 Å². The van der Waals surface area contributed by atoms with Gasteiger partial charge in [0.2, 0.25) is 0 Å². The van der Waals surface area contributed by atoms with Crippen molar-refractivity contribution >= 4 is 35.3 Å². The Morgan fingerprint density at radius 2 is 0.963 bits per heavy atom. The third kappa shape index (κ3) is 5.31. The van der Waals surface area contributed by atoms with E-state index in [2.05, 4.69) is 67.5 Å². The van der Waals surface area contributed by atoms with Gasteiger partial charge in [-0.2, -0.15) is 0 Å². The van der Waals surface area contributed by atoms with Gasteiger partial charge in [0.25, 0.3) is 0 Å². The van der Waals surface area contributed by atoms with E-state index >= 15 is 0 Å². The fraction of sp³-hybridized carbons (Fsp3) is 0.500. The lowest BCUT2D eigenvalue weighted by Gasteiger charge is -2.20. The Hall–Kier alpha value is -0.510. The van der Waals surface area contributed by atoms with Crippen LogP contribution in [0.1, 0.15) is 60.1 Å². The second-order valence-corrected chi connectivity index (χ2v) is 10.6. The van der Waals surface area contributed by atoms with Crippen molar-refractivity contribution in [3.05, 3.63) is 45.5 Å². The zero-order chi connectivity index (χ0) is 20.1. The second kappa shape index (κ2) is 10.3. The molecule has 0 aliphatic heterocycles. The van der Waals surface area contributed by atoms with E-state index in [0.29, 0.717) is 0 Å². The maximum atomic E-state index is 2.40. The van der Waals surface area contributed by atoms with Crippen LogP contribution >= 0.6 is 35.3 Å². The first-order valence-electron chi connectivity index (χ1n) is 9.96. The molecule has 0 fully saturated rings. The van der Waals surface area contributed by atoms with Gasteiger partial charge in [-0.25, -0.2) is 0 Å². The molecule has 0 unspecified atom stereocenters. The highest BCUT2D eigenvalue weighted by molar-refractivity contribution is 8.00. The van der Waals surface area contributed by atoms with Crippen molar-refractivity contribution in [1.82, 2.24) is 0 Å². The summed E-state index contributed by atoms with van der Waals surface area (Å²) in [6.45, 7) is 18.2. The molecule has 0 saturated heterocycles. The van der Waals surface area contributed by atoms with Crippen LogP contribution < -0.4 is 0 Å². The minimum Gasteiger partial charge on any atom is -0.126 e. The lowest BCUT2D eigenvalue weighted by Crippen LogP contribution is -1.97. The van der Waals surface area contributed by atoms with Gasteiger partial charge in [-0.1, -0.05) is 25.6 Å². The quantitative estimate of drug-likeness (QED) is 0.393. The van der Waals surface area contributed by atoms with Crippen LogP contribution in [0.3, 0.4) is 0 Å². The molecule has 2 aromatic rings. The molecule has 0 bridgehead atoms. The fourth-order valence-electron chi connectivity index (χ4n) is 3.18. The molecule has 0 heterocycles. The molecular formula is C24H34S3. The molecule has 2 rings (SSSR count). The Morgan fingerprint density at radius 3 is 1.30 bits per heavy atom. The first-order chi connectivity index (χ1) is 12.8. The summed E-state index contributed by atoms with van der Waals surface area (Å²) in [5.41, 5.74) is 8.59. The number of thioether (sulfide) groups is 2. The van der Waals surface area contributed by atoms with Crippen molar-refractivity contribution in [1.29, 1.82) is 0 Å². The molecule has 0 aliphatic carbocycles. The van der Waals surface area contributed by atoms with Crippen LogP contribution in [-0.4, -0.2) is 11.5 Å². The van der Waals surface area contributed by atoms with Crippen molar-refractivity contribution in [2.24, 2.45) is 0 Å². The van der Waals surface area contributed by atoms with Gasteiger partial charge in [0, 0.05) is 19.6 Å². The van der Waals surface area contributed by atoms with E-state index in [1.165, 1.54) is 77.3 Å². The zero-order valence-corrected chi connectivity index (χ0v) is 20.7. The molecule has 0 saturated carbocycles. The highest BCUT2D eigenvalue weighted by atomic mass is 32.2. The van der Waals surface area contributed by atoms with Crippen molar-refractivity contribution in [3.63, 3.8) is 0 Å². The van der Waals surface area contributed by atoms with Gasteiger partial charge in [-0.15, -0.1) is 23.5 Å². The minimum atomic E-state index is 1.19. The Labute approximate surface area is 179 Å². The maximum absolute atomic E-state index is 2.40. The van der Waals surface area contributed by atoms with E-state index in [9.17, 15) is 0 Å². The van der Waals surface area contributed by atoms with Crippen LogP contribution in [0.4, 0.5) is 0 Å². The lowest BCUT2D eigenvalue weighted by molar-refractivity contribution is 1.07. The van der Waals surface area contributed by atoms with Crippen LogP contribution in [0.5, 0.6) is 0 Å². The molecule has 0 radical (unpaired) electrons. The Morgan fingerprint density at radius 1 is 0.593 bits per heavy atom. The smallest absolute Gasteiger partial charge is 0.0184 e. The molecule has 0 atom stereocenters. The van der Waals surface area contributed by atoms with E-state index in [0.717, 1.165) is 0 Å². The van der Waals surface area contributed by atoms with Gasteiger partial charge in [-0.3, -0.25) is 0 Å². The second-order valence-electron chi connectivity index (χ2n) is 7.34. The van der Waals surface area contributed by atoms with Crippen LogP contribution in [0.15, 0.2) is 31.7 Å². The number of aryl methyl sites for hydroxylation is 2. The molecule has 0 nitrogen and oxygen atoms in total. The standard InChI is InChI=1S/C24H34S3/c1-9-11-25-21-13-15(3)23(19(7)17(21)5)27-24-16(4)14-22(26-12-10-2)18(6)20(24)8/h13-14H,9-12H2,1-8H3. The Kier molecular flexibility index (Phi) is 8.70. The third-order valence-electron chi connectivity index (χ3n) is 5.08. The predicted molar refractivity (Wildman–Crippen MR) is 127 cm³/mol. The molecule has 0 amide bonds. The highest BCUT2D eigenvalue weighted by Gasteiger charge is 2.16. The SMILES string of the molecule is CCCSc1cc(C)c(Sc2c(C)cc(SCCC)c(C)c2C)c(C)c1C. The summed E-state index contributed by atoms with van der Waals surface area (Å²) in [6, 6.07) is 4.79. The maximum Gasteiger partial charge on any atom is 0.0184 e. The van der Waals surface area contributed by atoms with Gasteiger partial charge in [0.1, 0.15) is 0 Å². The number of hydrogen-bond acceptors (Lipinski definition) is 3. The summed E-state index contributed by atoms with van der Waals surface area (Å²) in [7, 11) is 0. The normalized spacial score (nSPS) is 11.3. The van der Waals surface area contributed by atoms with Gasteiger partial charge in [0.15, 0.2) is 0 Å². The summed E-state index contributed by atoms with van der Waals surface area (Å²) in [5, 5.41) is 0. The predicted octanol–water partition coefficient (Wildman–Crippen LogP) is 8.69. The molecule has 27 heavy (non-hydrogen) atoms. The van der Waals surface area contributed by atoms with Gasteiger partial charge >= 0.3 is 0 Å². The highest BCUT2D eigenvalue weighted by Crippen LogP contribution is 2.42. The fourth-order valence-corrected chi connectivity index (χ4v) is 6.55. The van der Waals surface area contributed by atoms with Crippen LogP contribution in [0.25, 0.3) is 0 Å². The molecule has 0 aliphatic rings.